The molecule has 0 radical (unpaired) electrons. The minimum atomic E-state index is -1.18. The Morgan fingerprint density at radius 2 is 1.73 bits per heavy atom. The number of aryl methyl sites for hydroxylation is 2. The van der Waals surface area contributed by atoms with Crippen molar-refractivity contribution < 1.29 is 29.3 Å². The number of hydrogen-bond donors (Lipinski definition) is 4. The van der Waals surface area contributed by atoms with Crippen LogP contribution in [0.2, 0.25) is 0 Å². The van der Waals surface area contributed by atoms with Crippen LogP contribution in [0.4, 0.5) is 0 Å². The number of allylic oxidation sites excluding steroid dienone is 2. The third-order valence-corrected chi connectivity index (χ3v) is 8.89. The Morgan fingerprint density at radius 3 is 2.36 bits per heavy atom. The van der Waals surface area contributed by atoms with E-state index in [1.165, 1.54) is 0 Å². The van der Waals surface area contributed by atoms with Crippen LogP contribution in [0, 0.1) is 13.8 Å². The van der Waals surface area contributed by atoms with Crippen molar-refractivity contribution in [3.8, 4) is 0 Å². The molecule has 228 valence electrons. The second-order valence-electron chi connectivity index (χ2n) is 11.3. The highest BCUT2D eigenvalue weighted by molar-refractivity contribution is 6.02. The predicted octanol–water partition coefficient (Wildman–Crippen LogP) is 6.69. The van der Waals surface area contributed by atoms with Crippen LogP contribution in [0.5, 0.6) is 0 Å². The number of aromatic nitrogens is 4. The summed E-state index contributed by atoms with van der Waals surface area (Å²) in [7, 11) is 0. The van der Waals surface area contributed by atoms with Gasteiger partial charge in [0, 0.05) is 45.2 Å². The van der Waals surface area contributed by atoms with E-state index in [-0.39, 0.29) is 35.1 Å². The fraction of sp³-hybridized carbons (Fsp3) is 0.324. The van der Waals surface area contributed by atoms with E-state index >= 15 is 0 Å². The van der Waals surface area contributed by atoms with Crippen molar-refractivity contribution in [2.75, 3.05) is 6.61 Å². The van der Waals surface area contributed by atoms with Crippen LogP contribution in [-0.2, 0) is 20.7 Å². The van der Waals surface area contributed by atoms with Crippen LogP contribution in [-0.4, -0.2) is 55.2 Å². The predicted molar refractivity (Wildman–Crippen MR) is 169 cm³/mol. The fourth-order valence-electron chi connectivity index (χ4n) is 6.49. The number of aromatic carboxylic acids is 1. The van der Waals surface area contributed by atoms with Gasteiger partial charge >= 0.3 is 11.9 Å². The first kappa shape index (κ1) is 30.5. The summed E-state index contributed by atoms with van der Waals surface area (Å²) in [6.07, 6.45) is 2.44. The van der Waals surface area contributed by atoms with E-state index in [2.05, 4.69) is 16.5 Å². The average Bonchev–Trinajstić information content (AvgIpc) is 3.65. The number of hydrogen-bond acceptors (Lipinski definition) is 6. The topological polar surface area (TPSA) is 158 Å². The molecule has 5 rings (SSSR count). The maximum Gasteiger partial charge on any atom is 0.338 e. The molecule has 10 heteroatoms. The molecule has 0 spiro atoms. The van der Waals surface area contributed by atoms with E-state index in [1.54, 1.807) is 6.92 Å². The number of nitrogens with one attached hydrogen (secondary N) is 2. The first-order valence-corrected chi connectivity index (χ1v) is 14.6. The largest absolute Gasteiger partial charge is 0.481 e. The molecule has 0 aromatic carbocycles. The summed E-state index contributed by atoms with van der Waals surface area (Å²) in [6, 6.07) is 5.78. The summed E-state index contributed by atoms with van der Waals surface area (Å²) in [6.45, 7) is 14.3. The number of aliphatic carboxylic acids is 1. The van der Waals surface area contributed by atoms with Gasteiger partial charge in [-0.15, -0.1) is 0 Å². The molecule has 0 saturated heterocycles. The minimum absolute atomic E-state index is 0.0133. The first-order chi connectivity index (χ1) is 21.0. The molecular formula is C34H36N4O6. The van der Waals surface area contributed by atoms with Gasteiger partial charge in [-0.2, -0.15) is 0 Å². The molecule has 0 saturated carbocycles. The number of carboxylic acid groups (broad SMARTS) is 2. The number of H-pyrrole nitrogens is 2. The molecule has 3 aromatic rings. The van der Waals surface area contributed by atoms with Gasteiger partial charge in [-0.25, -0.2) is 9.78 Å². The summed E-state index contributed by atoms with van der Waals surface area (Å²) >= 11 is 0. The molecule has 2 atom stereocenters. The van der Waals surface area contributed by atoms with Crippen molar-refractivity contribution in [1.29, 1.82) is 0 Å². The zero-order valence-electron chi connectivity index (χ0n) is 25.5. The van der Waals surface area contributed by atoms with E-state index in [4.69, 9.17) is 14.7 Å². The number of nitrogens with zero attached hydrogens (tertiary/aromatic N) is 2. The van der Waals surface area contributed by atoms with E-state index < -0.39 is 18.4 Å². The van der Waals surface area contributed by atoms with Gasteiger partial charge in [0.05, 0.1) is 41.2 Å². The number of carbonyl (C=O) groups excluding carboxylic acids is 1. The molecule has 4 N–H and O–H groups in total. The molecule has 3 aromatic heterocycles. The zero-order valence-corrected chi connectivity index (χ0v) is 25.5. The monoisotopic (exact) mass is 596 g/mol. The SMILES string of the molecule is C=Cc1c(C)c2cc3nc(c(CC(=O)O)c4[nH]c(cc5nc(cc1[nH]2)C(C)=C5CC)c(C)c4C(=O)O)[C@@H](CCOC=O)[C@@H]3C. The number of carboxylic acids is 2. The van der Waals surface area contributed by atoms with Crippen molar-refractivity contribution in [2.24, 2.45) is 0 Å². The molecule has 8 bridgehead atoms. The third kappa shape index (κ3) is 5.21. The number of rotatable bonds is 9. The van der Waals surface area contributed by atoms with Crippen molar-refractivity contribution >= 4 is 57.7 Å². The van der Waals surface area contributed by atoms with E-state index in [9.17, 15) is 24.6 Å². The Kier molecular flexibility index (Phi) is 8.27. The smallest absolute Gasteiger partial charge is 0.338 e. The highest BCUT2D eigenvalue weighted by atomic mass is 16.5. The van der Waals surface area contributed by atoms with Gasteiger partial charge in [0.2, 0.25) is 0 Å². The van der Waals surface area contributed by atoms with Gasteiger partial charge < -0.3 is 24.9 Å². The molecule has 0 amide bonds. The molecular weight excluding hydrogens is 560 g/mol. The molecule has 0 unspecified atom stereocenters. The Labute approximate surface area is 254 Å². The molecule has 2 aliphatic rings. The van der Waals surface area contributed by atoms with E-state index in [0.717, 1.165) is 39.0 Å². The number of fused-ring (bicyclic) bond motifs is 8. The molecule has 10 nitrogen and oxygen atoms in total. The van der Waals surface area contributed by atoms with Gasteiger partial charge in [-0.1, -0.05) is 26.5 Å². The standard InChI is InChI=1S/C34H36N4O6/c1-7-20-16(3)24-12-26-18(5)22(9-10-44-15-39)32(37-26)23(11-30(40)41)33-31(34(42)43)19(6)27(38-33)14-29-21(8-2)17(4)25(36-29)13-28(20)35-24/h7,12-15,18,22,35,38H,1,8-11H2,2-6H3,(H,40,41)(H,42,43)/t18-,22-/m0/s1. The summed E-state index contributed by atoms with van der Waals surface area (Å²) in [5.74, 6) is -2.83. The van der Waals surface area contributed by atoms with Crippen LogP contribution in [0.25, 0.3) is 39.3 Å². The van der Waals surface area contributed by atoms with Gasteiger partial charge in [0.1, 0.15) is 0 Å². The fourth-order valence-corrected chi connectivity index (χ4v) is 6.49. The number of aromatic amines is 2. The van der Waals surface area contributed by atoms with Crippen LogP contribution >= 0.6 is 0 Å². The summed E-state index contributed by atoms with van der Waals surface area (Å²) in [5.41, 5.74) is 9.74. The van der Waals surface area contributed by atoms with Crippen molar-refractivity contribution in [2.45, 2.75) is 65.7 Å². The molecule has 44 heavy (non-hydrogen) atoms. The molecule has 0 fully saturated rings. The Hall–Kier alpha value is -4.99. The van der Waals surface area contributed by atoms with E-state index in [1.807, 2.05) is 52.0 Å². The zero-order chi connectivity index (χ0) is 31.9. The lowest BCUT2D eigenvalue weighted by molar-refractivity contribution is -0.136. The highest BCUT2D eigenvalue weighted by Crippen LogP contribution is 2.42. The quantitative estimate of drug-likeness (QED) is 0.157. The van der Waals surface area contributed by atoms with Gasteiger partial charge in [0.25, 0.3) is 6.47 Å². The van der Waals surface area contributed by atoms with Crippen LogP contribution in [0.3, 0.4) is 0 Å². The van der Waals surface area contributed by atoms with E-state index in [0.29, 0.717) is 47.5 Å². The number of carbonyl (C=O) groups is 3. The lowest BCUT2D eigenvalue weighted by atomic mass is 9.86. The summed E-state index contributed by atoms with van der Waals surface area (Å²) < 4.78 is 5.03. The van der Waals surface area contributed by atoms with Crippen LogP contribution in [0.1, 0.15) is 101 Å². The molecule has 0 aliphatic carbocycles. The molecule has 2 aliphatic heterocycles. The van der Waals surface area contributed by atoms with Gasteiger partial charge in [0.15, 0.2) is 0 Å². The van der Waals surface area contributed by atoms with Gasteiger partial charge in [-0.3, -0.25) is 14.6 Å². The number of ether oxygens (including phenoxy) is 1. The molecule has 5 heterocycles. The second-order valence-corrected chi connectivity index (χ2v) is 11.3. The maximum absolute atomic E-state index is 12.7. The van der Waals surface area contributed by atoms with Crippen molar-refractivity contribution in [3.05, 3.63) is 75.4 Å². The lowest BCUT2D eigenvalue weighted by Crippen LogP contribution is -2.11. The normalized spacial score (nSPS) is 16.2. The second kappa shape index (κ2) is 11.9. The minimum Gasteiger partial charge on any atom is -0.481 e. The maximum atomic E-state index is 12.7. The van der Waals surface area contributed by atoms with Crippen LogP contribution < -0.4 is 0 Å². The Bertz CT molecular complexity index is 1910. The average molecular weight is 597 g/mol. The summed E-state index contributed by atoms with van der Waals surface area (Å²) in [4.78, 5) is 52.7. The van der Waals surface area contributed by atoms with Crippen molar-refractivity contribution in [3.63, 3.8) is 0 Å². The Morgan fingerprint density at radius 1 is 1.02 bits per heavy atom. The first-order valence-electron chi connectivity index (χ1n) is 14.6. The van der Waals surface area contributed by atoms with Crippen LogP contribution in [0.15, 0.2) is 24.8 Å². The highest BCUT2D eigenvalue weighted by Gasteiger charge is 2.33. The van der Waals surface area contributed by atoms with Gasteiger partial charge in [-0.05, 0) is 74.1 Å². The Balaban J connectivity index is 2.03. The third-order valence-electron chi connectivity index (χ3n) is 8.89. The summed E-state index contributed by atoms with van der Waals surface area (Å²) in [5, 5.41) is 20.4. The lowest BCUT2D eigenvalue weighted by Gasteiger charge is -2.17. The van der Waals surface area contributed by atoms with Crippen molar-refractivity contribution in [1.82, 2.24) is 19.9 Å².